The maximum absolute atomic E-state index is 14.8. The van der Waals surface area contributed by atoms with Crippen molar-refractivity contribution in [3.05, 3.63) is 57.7 Å². The van der Waals surface area contributed by atoms with E-state index >= 15 is 0 Å². The Balaban J connectivity index is 1.60. The molecule has 1 unspecified atom stereocenters. The van der Waals surface area contributed by atoms with Crippen molar-refractivity contribution in [1.82, 2.24) is 0 Å². The number of carbonyl (C=O) groups excluding carboxylic acids is 2. The number of fused-ring (bicyclic) bond motifs is 2. The predicted octanol–water partition coefficient (Wildman–Crippen LogP) is 6.29. The molecular formula is C38H46O9. The SMILES string of the molecule is CC(C)=CCCC1(C)C=Cc2c(O)c3c(c(CC=C(C)C)c2O1)O[C@]12[C@H](C3=O)[C@@H](O)[C@@H]3C[C@H]1C(C)(C)O[C@@]2(C/C=C(/C)C(=O)O)C3=O. The van der Waals surface area contributed by atoms with Crippen molar-refractivity contribution < 1.29 is 43.9 Å². The van der Waals surface area contributed by atoms with Gasteiger partial charge in [0.2, 0.25) is 0 Å². The molecule has 4 fully saturated rings. The van der Waals surface area contributed by atoms with E-state index in [-0.39, 0.29) is 35.5 Å². The summed E-state index contributed by atoms with van der Waals surface area (Å²) in [5.41, 5.74) is -1.91. The quantitative estimate of drug-likeness (QED) is 0.220. The van der Waals surface area contributed by atoms with Gasteiger partial charge in [-0.15, -0.1) is 0 Å². The summed E-state index contributed by atoms with van der Waals surface area (Å²) in [6, 6.07) is 0. The second-order valence-electron chi connectivity index (χ2n) is 15.2. The molecule has 1 aromatic carbocycles. The molecule has 7 rings (SSSR count). The van der Waals surface area contributed by atoms with Crippen LogP contribution in [0.5, 0.6) is 17.2 Å². The Kier molecular flexibility index (Phi) is 7.72. The van der Waals surface area contributed by atoms with Crippen molar-refractivity contribution >= 4 is 23.6 Å². The number of Topliss-reactive ketones (excluding diaryl/α,β-unsaturated/α-hetero) is 2. The van der Waals surface area contributed by atoms with E-state index in [1.54, 1.807) is 6.08 Å². The molecule has 1 spiro atoms. The van der Waals surface area contributed by atoms with Gasteiger partial charge in [0.25, 0.3) is 0 Å². The third-order valence-corrected chi connectivity index (χ3v) is 11.1. The van der Waals surface area contributed by atoms with Crippen LogP contribution in [-0.4, -0.2) is 61.4 Å². The lowest BCUT2D eigenvalue weighted by molar-refractivity contribution is -0.220. The number of benzene rings is 1. The molecule has 252 valence electrons. The molecule has 0 radical (unpaired) electrons. The molecule has 3 saturated carbocycles. The van der Waals surface area contributed by atoms with Crippen LogP contribution < -0.4 is 9.47 Å². The van der Waals surface area contributed by atoms with Crippen LogP contribution in [-0.2, 0) is 20.7 Å². The summed E-state index contributed by atoms with van der Waals surface area (Å²) in [7, 11) is 0. The van der Waals surface area contributed by atoms with Gasteiger partial charge in [-0.3, -0.25) is 9.59 Å². The molecule has 1 aromatic rings. The molecule has 0 aromatic heterocycles. The van der Waals surface area contributed by atoms with E-state index in [9.17, 15) is 29.7 Å². The molecule has 9 nitrogen and oxygen atoms in total. The van der Waals surface area contributed by atoms with Crippen LogP contribution in [0.15, 0.2) is 41.0 Å². The van der Waals surface area contributed by atoms with Crippen molar-refractivity contribution in [2.45, 2.75) is 116 Å². The number of ether oxygens (including phenoxy) is 3. The highest BCUT2D eigenvalue weighted by atomic mass is 16.6. The number of allylic oxidation sites excluding steroid dienone is 4. The first-order valence-corrected chi connectivity index (χ1v) is 16.5. The molecule has 3 heterocycles. The molecule has 47 heavy (non-hydrogen) atoms. The van der Waals surface area contributed by atoms with Crippen molar-refractivity contribution in [1.29, 1.82) is 0 Å². The highest BCUT2D eigenvalue weighted by molar-refractivity contribution is 6.10. The van der Waals surface area contributed by atoms with Crippen molar-refractivity contribution in [2.24, 2.45) is 17.8 Å². The number of hydrogen-bond acceptors (Lipinski definition) is 8. The van der Waals surface area contributed by atoms with Gasteiger partial charge in [-0.05, 0) is 93.2 Å². The molecule has 3 N–H and O–H groups in total. The van der Waals surface area contributed by atoms with Gasteiger partial charge in [0.15, 0.2) is 22.8 Å². The number of carboxylic acid groups (broad SMARTS) is 1. The van der Waals surface area contributed by atoms with Gasteiger partial charge in [0.05, 0.1) is 23.2 Å². The van der Waals surface area contributed by atoms with Crippen LogP contribution in [0.3, 0.4) is 0 Å². The monoisotopic (exact) mass is 646 g/mol. The number of rotatable bonds is 8. The zero-order valence-corrected chi connectivity index (χ0v) is 28.5. The lowest BCUT2D eigenvalue weighted by Gasteiger charge is -2.62. The van der Waals surface area contributed by atoms with Crippen LogP contribution in [0.4, 0.5) is 0 Å². The van der Waals surface area contributed by atoms with Gasteiger partial charge in [0, 0.05) is 29.4 Å². The number of phenols is 1. The van der Waals surface area contributed by atoms with E-state index in [4.69, 9.17) is 14.2 Å². The maximum Gasteiger partial charge on any atom is 0.330 e. The minimum Gasteiger partial charge on any atom is -0.506 e. The number of ketones is 2. The fraction of sp³-hybridized carbons (Fsp3) is 0.553. The van der Waals surface area contributed by atoms with E-state index < -0.39 is 63.8 Å². The second-order valence-corrected chi connectivity index (χ2v) is 15.2. The van der Waals surface area contributed by atoms with Crippen molar-refractivity contribution in [3.63, 3.8) is 0 Å². The number of carboxylic acids is 1. The smallest absolute Gasteiger partial charge is 0.330 e. The molecule has 3 aliphatic carbocycles. The summed E-state index contributed by atoms with van der Waals surface area (Å²) < 4.78 is 20.5. The van der Waals surface area contributed by atoms with Crippen molar-refractivity contribution in [3.8, 4) is 17.2 Å². The second kappa shape index (κ2) is 10.9. The molecule has 7 atom stereocenters. The summed E-state index contributed by atoms with van der Waals surface area (Å²) in [6.45, 7) is 15.1. The van der Waals surface area contributed by atoms with Gasteiger partial charge in [-0.2, -0.15) is 0 Å². The third-order valence-electron chi connectivity index (χ3n) is 11.1. The first-order chi connectivity index (χ1) is 21.9. The van der Waals surface area contributed by atoms with Gasteiger partial charge in [0.1, 0.15) is 28.4 Å². The van der Waals surface area contributed by atoms with Gasteiger partial charge in [-0.1, -0.05) is 29.4 Å². The average Bonchev–Trinajstić information content (AvgIpc) is 3.10. The summed E-state index contributed by atoms with van der Waals surface area (Å²) in [5, 5.41) is 33.2. The molecule has 4 bridgehead atoms. The summed E-state index contributed by atoms with van der Waals surface area (Å²) in [4.78, 5) is 41.1. The van der Waals surface area contributed by atoms with Gasteiger partial charge >= 0.3 is 5.97 Å². The Morgan fingerprint density at radius 3 is 2.32 bits per heavy atom. The first-order valence-electron chi connectivity index (χ1n) is 16.5. The minimum atomic E-state index is -1.74. The highest BCUT2D eigenvalue weighted by Crippen LogP contribution is 2.70. The van der Waals surface area contributed by atoms with E-state index in [0.29, 0.717) is 29.7 Å². The average molecular weight is 647 g/mol. The zero-order valence-electron chi connectivity index (χ0n) is 28.5. The normalized spacial score (nSPS) is 34.1. The number of aromatic hydroxyl groups is 1. The van der Waals surface area contributed by atoms with Gasteiger partial charge < -0.3 is 29.5 Å². The number of aliphatic hydroxyl groups excluding tert-OH is 1. The Morgan fingerprint density at radius 2 is 1.68 bits per heavy atom. The first kappa shape index (κ1) is 33.2. The zero-order chi connectivity index (χ0) is 34.4. The molecule has 9 heteroatoms. The van der Waals surface area contributed by atoms with Crippen LogP contribution in [0.2, 0.25) is 0 Å². The fourth-order valence-corrected chi connectivity index (χ4v) is 8.76. The topological polar surface area (TPSA) is 140 Å². The van der Waals surface area contributed by atoms with Crippen LogP contribution in [0.25, 0.3) is 6.08 Å². The predicted molar refractivity (Wildman–Crippen MR) is 176 cm³/mol. The molecule has 0 amide bonds. The summed E-state index contributed by atoms with van der Waals surface area (Å²) in [5.74, 6) is -4.44. The summed E-state index contributed by atoms with van der Waals surface area (Å²) in [6.07, 6.45) is 9.79. The van der Waals surface area contributed by atoms with E-state index in [1.165, 1.54) is 18.6 Å². The Morgan fingerprint density at radius 1 is 1.00 bits per heavy atom. The van der Waals surface area contributed by atoms with E-state index in [1.807, 2.05) is 60.6 Å². The largest absolute Gasteiger partial charge is 0.506 e. The summed E-state index contributed by atoms with van der Waals surface area (Å²) >= 11 is 0. The van der Waals surface area contributed by atoms with Gasteiger partial charge in [-0.25, -0.2) is 4.79 Å². The standard InChI is InChI=1S/C38H46O9/c1-19(2)10-9-15-36(8)16-14-22-28(39)26-30(41)27-29(40)24-18-25-35(6,7)47-37(33(24)42,17-13-21(5)34(43)44)38(25,27)46-32(26)23(31(22)45-36)12-11-20(3)4/h10-11,13-14,16,24-25,27,29,39-40H,9,12,15,17-18H2,1-8H3,(H,43,44)/b21-13-/t24-,25-,27-,29-,36?,37-,38-/m0/s1. The molecule has 3 aliphatic heterocycles. The maximum atomic E-state index is 14.8. The fourth-order valence-electron chi connectivity index (χ4n) is 8.76. The number of aliphatic carboxylic acids is 1. The highest BCUT2D eigenvalue weighted by Gasteiger charge is 2.85. The Labute approximate surface area is 276 Å². The van der Waals surface area contributed by atoms with E-state index in [0.717, 1.165) is 12.0 Å². The lowest BCUT2D eigenvalue weighted by atomic mass is 9.45. The number of carbonyl (C=O) groups is 3. The number of phenolic OH excluding ortho intramolecular Hbond substituents is 1. The van der Waals surface area contributed by atoms with Crippen molar-refractivity contribution in [2.75, 3.05) is 0 Å². The number of hydrogen-bond donors (Lipinski definition) is 3. The third kappa shape index (κ3) is 4.67. The lowest BCUT2D eigenvalue weighted by Crippen LogP contribution is -2.80. The van der Waals surface area contributed by atoms with Crippen LogP contribution >= 0.6 is 0 Å². The van der Waals surface area contributed by atoms with Crippen LogP contribution in [0, 0.1) is 17.8 Å². The minimum absolute atomic E-state index is 0.0260. The number of aliphatic hydroxyl groups is 1. The Bertz CT molecular complexity index is 1700. The Hall–Kier alpha value is -3.69. The molecule has 6 aliphatic rings. The van der Waals surface area contributed by atoms with E-state index in [2.05, 4.69) is 6.08 Å². The molecular weight excluding hydrogens is 600 g/mol. The molecule has 1 saturated heterocycles. The van der Waals surface area contributed by atoms with Crippen LogP contribution in [0.1, 0.15) is 103 Å².